The number of thiazole rings is 1. The number of benzene rings is 1. The maximum absolute atomic E-state index is 15.3. The highest BCUT2D eigenvalue weighted by Gasteiger charge is 2.53. The van der Waals surface area contributed by atoms with Crippen LogP contribution in [0.15, 0.2) is 17.6 Å². The van der Waals surface area contributed by atoms with Crippen LogP contribution in [0.4, 0.5) is 8.78 Å². The predicted octanol–water partition coefficient (Wildman–Crippen LogP) is 3.75. The van der Waals surface area contributed by atoms with Gasteiger partial charge in [-0.1, -0.05) is 20.8 Å². The van der Waals surface area contributed by atoms with Gasteiger partial charge in [-0.2, -0.15) is 0 Å². The highest BCUT2D eigenvalue weighted by molar-refractivity contribution is 7.13. The van der Waals surface area contributed by atoms with Crippen LogP contribution in [0, 0.1) is 18.2 Å². The van der Waals surface area contributed by atoms with E-state index in [9.17, 15) is 23.9 Å². The Morgan fingerprint density at radius 3 is 2.60 bits per heavy atom. The molecular formula is C29H36F2N4O4S. The topological polar surface area (TPSA) is 112 Å². The van der Waals surface area contributed by atoms with Crippen LogP contribution in [0.25, 0.3) is 10.4 Å². The molecule has 1 saturated heterocycles. The molecule has 2 aromatic rings. The van der Waals surface area contributed by atoms with Crippen LogP contribution in [0.2, 0.25) is 0 Å². The van der Waals surface area contributed by atoms with Crippen molar-refractivity contribution >= 4 is 29.1 Å². The Labute approximate surface area is 236 Å². The first-order chi connectivity index (χ1) is 18.8. The number of alkyl halides is 1. The second kappa shape index (κ2) is 10.5. The van der Waals surface area contributed by atoms with E-state index in [2.05, 4.69) is 15.6 Å². The molecule has 1 aromatic carbocycles. The van der Waals surface area contributed by atoms with E-state index in [1.807, 2.05) is 13.0 Å². The number of aromatic nitrogens is 1. The maximum atomic E-state index is 15.3. The number of carbonyl (C=O) groups excluding carboxylic acids is 3. The molecule has 3 amide bonds. The van der Waals surface area contributed by atoms with Crippen molar-refractivity contribution in [2.75, 3.05) is 6.54 Å². The zero-order chi connectivity index (χ0) is 29.0. The van der Waals surface area contributed by atoms with E-state index in [0.29, 0.717) is 17.5 Å². The van der Waals surface area contributed by atoms with Crippen LogP contribution in [0.1, 0.15) is 75.7 Å². The first kappa shape index (κ1) is 28.6. The molecule has 1 aromatic heterocycles. The highest BCUT2D eigenvalue weighted by Crippen LogP contribution is 2.41. The molecule has 0 unspecified atom stereocenters. The number of likely N-dealkylation sites (tertiary alicyclic amines) is 1. The monoisotopic (exact) mass is 574 g/mol. The summed E-state index contributed by atoms with van der Waals surface area (Å²) in [4.78, 5) is 46.0. The minimum absolute atomic E-state index is 0.0347. The normalized spacial score (nSPS) is 24.3. The molecule has 3 aliphatic rings. The fourth-order valence-electron chi connectivity index (χ4n) is 5.70. The second-order valence-electron chi connectivity index (χ2n) is 12.4. The number of hydrogen-bond acceptors (Lipinski definition) is 6. The van der Waals surface area contributed by atoms with E-state index in [1.165, 1.54) is 22.3 Å². The summed E-state index contributed by atoms with van der Waals surface area (Å²) in [5.41, 5.74) is 1.89. The number of hydrogen-bond donors (Lipinski definition) is 3. The van der Waals surface area contributed by atoms with E-state index in [4.69, 9.17) is 0 Å². The first-order valence-corrected chi connectivity index (χ1v) is 14.7. The van der Waals surface area contributed by atoms with Gasteiger partial charge < -0.3 is 20.6 Å². The van der Waals surface area contributed by atoms with Crippen molar-refractivity contribution in [3.8, 4) is 10.4 Å². The Bertz CT molecular complexity index is 1340. The number of aliphatic hydroxyl groups is 1. The second-order valence-corrected chi connectivity index (χ2v) is 13.2. The number of carbonyl (C=O) groups is 3. The summed E-state index contributed by atoms with van der Waals surface area (Å²) in [5, 5.41) is 16.0. The maximum Gasteiger partial charge on any atom is 0.258 e. The summed E-state index contributed by atoms with van der Waals surface area (Å²) in [6.45, 7) is 7.03. The van der Waals surface area contributed by atoms with Gasteiger partial charge in [0.2, 0.25) is 11.8 Å². The van der Waals surface area contributed by atoms with E-state index < -0.39 is 53.0 Å². The number of nitrogens with zero attached hydrogens (tertiary/aromatic N) is 2. The van der Waals surface area contributed by atoms with Crippen molar-refractivity contribution in [1.29, 1.82) is 0 Å². The number of nitrogens with one attached hydrogen (secondary N) is 2. The van der Waals surface area contributed by atoms with Crippen LogP contribution in [0.5, 0.6) is 0 Å². The summed E-state index contributed by atoms with van der Waals surface area (Å²) in [7, 11) is 0. The molecule has 0 radical (unpaired) electrons. The van der Waals surface area contributed by atoms with Crippen molar-refractivity contribution in [1.82, 2.24) is 20.5 Å². The third-order valence-corrected chi connectivity index (χ3v) is 9.16. The van der Waals surface area contributed by atoms with Gasteiger partial charge >= 0.3 is 0 Å². The summed E-state index contributed by atoms with van der Waals surface area (Å²) in [6.07, 6.45) is 1.50. The SMILES string of the molecule is Cc1ncsc1-c1cc2c(cc1F)[C@@H](NC(=O)[C@@H]1C[C@@H](O)CN1C(=O)[C@@H](NC(=O)C1(F)CC1)C(C)(C)C)CCC2. The van der Waals surface area contributed by atoms with E-state index in [1.54, 1.807) is 26.3 Å². The van der Waals surface area contributed by atoms with Gasteiger partial charge in [0.1, 0.15) is 17.9 Å². The number of aliphatic hydroxyl groups excluding tert-OH is 1. The molecule has 1 saturated carbocycles. The van der Waals surface area contributed by atoms with Crippen molar-refractivity contribution in [2.45, 2.75) is 96.1 Å². The van der Waals surface area contributed by atoms with E-state index >= 15 is 4.39 Å². The standard InChI is InChI=1S/C29H36F2N4O4S/c1-15-23(40-14-32-15)19-10-16-6-5-7-21(18(16)12-20(19)30)33-25(37)22-11-17(36)13-35(22)26(38)24(28(2,3)4)34-27(39)29(31)8-9-29/h10,12,14,17,21-22,24,36H,5-9,11,13H2,1-4H3,(H,33,37)(H,34,39)/t17-,21+,22+,24-/m1/s1. The first-order valence-electron chi connectivity index (χ1n) is 13.8. The Balaban J connectivity index is 1.35. The number of rotatable bonds is 6. The quantitative estimate of drug-likeness (QED) is 0.487. The zero-order valence-corrected chi connectivity index (χ0v) is 24.0. The smallest absolute Gasteiger partial charge is 0.258 e. The van der Waals surface area contributed by atoms with Crippen LogP contribution in [-0.4, -0.2) is 63.1 Å². The Morgan fingerprint density at radius 1 is 1.25 bits per heavy atom. The van der Waals surface area contributed by atoms with Gasteiger partial charge in [-0.15, -0.1) is 11.3 Å². The van der Waals surface area contributed by atoms with Crippen LogP contribution in [-0.2, 0) is 20.8 Å². The Morgan fingerprint density at radius 2 is 1.98 bits per heavy atom. The van der Waals surface area contributed by atoms with Crippen LogP contribution < -0.4 is 10.6 Å². The molecule has 2 fully saturated rings. The van der Waals surface area contributed by atoms with Gasteiger partial charge in [-0.05, 0) is 67.7 Å². The van der Waals surface area contributed by atoms with E-state index in [0.717, 1.165) is 29.0 Å². The summed E-state index contributed by atoms with van der Waals surface area (Å²) in [6, 6.07) is 0.824. The Kier molecular flexibility index (Phi) is 7.50. The van der Waals surface area contributed by atoms with Crippen LogP contribution >= 0.6 is 11.3 Å². The lowest BCUT2D eigenvalue weighted by Gasteiger charge is -2.36. The predicted molar refractivity (Wildman–Crippen MR) is 147 cm³/mol. The third-order valence-electron chi connectivity index (χ3n) is 8.20. The minimum Gasteiger partial charge on any atom is -0.391 e. The summed E-state index contributed by atoms with van der Waals surface area (Å²) >= 11 is 1.38. The fourth-order valence-corrected chi connectivity index (χ4v) is 6.52. The average Bonchev–Trinajstić information content (AvgIpc) is 3.30. The largest absolute Gasteiger partial charge is 0.391 e. The van der Waals surface area contributed by atoms with Gasteiger partial charge in [-0.25, -0.2) is 13.8 Å². The molecule has 0 bridgehead atoms. The molecule has 0 spiro atoms. The van der Waals surface area contributed by atoms with Crippen LogP contribution in [0.3, 0.4) is 0 Å². The number of fused-ring (bicyclic) bond motifs is 1. The molecule has 40 heavy (non-hydrogen) atoms. The molecule has 11 heteroatoms. The average molecular weight is 575 g/mol. The zero-order valence-electron chi connectivity index (χ0n) is 23.2. The van der Waals surface area contributed by atoms with E-state index in [-0.39, 0.29) is 31.6 Å². The van der Waals surface area contributed by atoms with Gasteiger partial charge in [-0.3, -0.25) is 14.4 Å². The minimum atomic E-state index is -1.95. The van der Waals surface area contributed by atoms with Gasteiger partial charge in [0.15, 0.2) is 5.67 Å². The number of aryl methyl sites for hydroxylation is 2. The molecule has 2 aliphatic carbocycles. The van der Waals surface area contributed by atoms with Gasteiger partial charge in [0.25, 0.3) is 5.91 Å². The number of halogens is 2. The number of amides is 3. The molecule has 1 aliphatic heterocycles. The lowest BCUT2D eigenvalue weighted by molar-refractivity contribution is -0.145. The third kappa shape index (κ3) is 5.50. The lowest BCUT2D eigenvalue weighted by atomic mass is 9.85. The lowest BCUT2D eigenvalue weighted by Crippen LogP contribution is -2.59. The van der Waals surface area contributed by atoms with Gasteiger partial charge in [0.05, 0.1) is 28.2 Å². The molecule has 2 heterocycles. The molecule has 5 rings (SSSR count). The molecule has 3 N–H and O–H groups in total. The van der Waals surface area contributed by atoms with Crippen molar-refractivity contribution < 1.29 is 28.3 Å². The van der Waals surface area contributed by atoms with Gasteiger partial charge in [0, 0.05) is 18.5 Å². The molecule has 4 atom stereocenters. The number of β-amino-alcohol motifs (C(OH)–C–C–N with tert-alkyl or cyclic N) is 1. The Hall–Kier alpha value is -2.92. The van der Waals surface area contributed by atoms with Crippen molar-refractivity contribution in [3.63, 3.8) is 0 Å². The summed E-state index contributed by atoms with van der Waals surface area (Å²) in [5.74, 6) is -2.20. The highest BCUT2D eigenvalue weighted by atomic mass is 32.1. The van der Waals surface area contributed by atoms with Crippen molar-refractivity contribution in [3.05, 3.63) is 40.3 Å². The fraction of sp³-hybridized carbons (Fsp3) is 0.586. The summed E-state index contributed by atoms with van der Waals surface area (Å²) < 4.78 is 29.7. The van der Waals surface area contributed by atoms with Crippen molar-refractivity contribution in [2.24, 2.45) is 5.41 Å². The molecular weight excluding hydrogens is 538 g/mol. The molecule has 216 valence electrons. The molecule has 8 nitrogen and oxygen atoms in total.